The van der Waals surface area contributed by atoms with Crippen molar-refractivity contribution in [2.24, 2.45) is 0 Å². The van der Waals surface area contributed by atoms with Gasteiger partial charge in [-0.3, -0.25) is 4.79 Å². The number of aliphatic hydroxyl groups excluding tert-OH is 1. The van der Waals surface area contributed by atoms with Crippen LogP contribution in [0.3, 0.4) is 0 Å². The first kappa shape index (κ1) is 17.8. The number of carbonyl (C=O) groups is 1. The van der Waals surface area contributed by atoms with Crippen LogP contribution in [0.15, 0.2) is 48.5 Å². The Bertz CT molecular complexity index is 674. The first-order chi connectivity index (χ1) is 11.5. The zero-order valence-corrected chi connectivity index (χ0v) is 13.3. The largest absolute Gasteiger partial charge is 0.504 e. The van der Waals surface area contributed by atoms with Gasteiger partial charge in [-0.15, -0.1) is 0 Å². The predicted octanol–water partition coefficient (Wildman–Crippen LogP) is 1.51. The smallest absolute Gasteiger partial charge is 0.325 e. The van der Waals surface area contributed by atoms with E-state index in [1.165, 1.54) is 25.3 Å². The molecule has 0 fully saturated rings. The first-order valence-corrected chi connectivity index (χ1v) is 7.58. The van der Waals surface area contributed by atoms with Crippen LogP contribution in [-0.4, -0.2) is 41.0 Å². The van der Waals surface area contributed by atoms with Crippen LogP contribution in [0.4, 0.5) is 0 Å². The third kappa shape index (κ3) is 4.47. The maximum absolute atomic E-state index is 12.0. The van der Waals surface area contributed by atoms with E-state index in [9.17, 15) is 20.1 Å². The molecule has 6 heteroatoms. The summed E-state index contributed by atoms with van der Waals surface area (Å²) in [6.45, 7) is 0.463. The maximum Gasteiger partial charge on any atom is 0.325 e. The molecule has 6 nitrogen and oxygen atoms in total. The van der Waals surface area contributed by atoms with E-state index in [1.807, 2.05) is 30.3 Å². The van der Waals surface area contributed by atoms with Crippen LogP contribution in [0.25, 0.3) is 0 Å². The van der Waals surface area contributed by atoms with E-state index in [0.717, 1.165) is 5.56 Å². The van der Waals surface area contributed by atoms with Gasteiger partial charge in [-0.1, -0.05) is 36.4 Å². The van der Waals surface area contributed by atoms with Gasteiger partial charge >= 0.3 is 5.97 Å². The average molecular weight is 331 g/mol. The van der Waals surface area contributed by atoms with Crippen LogP contribution in [0, 0.1) is 0 Å². The number of phenolic OH excluding ortho intramolecular Hbond substituents is 2. The number of nitrogens with one attached hydrogen (secondary N) is 1. The number of benzene rings is 2. The van der Waals surface area contributed by atoms with Crippen molar-refractivity contribution >= 4 is 5.97 Å². The summed E-state index contributed by atoms with van der Waals surface area (Å²) in [5.74, 6) is -1.26. The van der Waals surface area contributed by atoms with Crippen molar-refractivity contribution in [3.05, 3.63) is 59.7 Å². The first-order valence-electron chi connectivity index (χ1n) is 7.58. The van der Waals surface area contributed by atoms with Gasteiger partial charge in [0, 0.05) is 6.54 Å². The number of methoxy groups -OCH3 is 1. The standard InChI is InChI=1S/C18H21NO5/c1-24-18(23)16(19-10-9-12-5-3-2-4-6-12)17(22)13-7-8-14(20)15(21)11-13/h2-8,11,16-17,19-22H,9-10H2,1H3/t16-,17?/m0/s1. The van der Waals surface area contributed by atoms with Gasteiger partial charge in [0.05, 0.1) is 7.11 Å². The van der Waals surface area contributed by atoms with E-state index >= 15 is 0 Å². The van der Waals surface area contributed by atoms with Crippen LogP contribution < -0.4 is 5.32 Å². The fourth-order valence-corrected chi connectivity index (χ4v) is 2.38. The molecule has 0 aliphatic heterocycles. The molecule has 0 aromatic heterocycles. The molecule has 2 aromatic carbocycles. The molecule has 128 valence electrons. The number of rotatable bonds is 7. The third-order valence-electron chi connectivity index (χ3n) is 3.73. The Balaban J connectivity index is 2.06. The van der Waals surface area contributed by atoms with Gasteiger partial charge in [-0.2, -0.15) is 0 Å². The maximum atomic E-state index is 12.0. The van der Waals surface area contributed by atoms with Gasteiger partial charge in [0.2, 0.25) is 0 Å². The Labute approximate surface area is 140 Å². The monoisotopic (exact) mass is 331 g/mol. The van der Waals surface area contributed by atoms with E-state index in [-0.39, 0.29) is 11.5 Å². The van der Waals surface area contributed by atoms with Crippen molar-refractivity contribution < 1.29 is 24.9 Å². The number of hydrogen-bond donors (Lipinski definition) is 4. The van der Waals surface area contributed by atoms with E-state index in [2.05, 4.69) is 5.32 Å². The Morgan fingerprint density at radius 1 is 1.12 bits per heavy atom. The number of aromatic hydroxyl groups is 2. The van der Waals surface area contributed by atoms with E-state index < -0.39 is 18.1 Å². The zero-order chi connectivity index (χ0) is 17.5. The topological polar surface area (TPSA) is 99.0 Å². The van der Waals surface area contributed by atoms with Gasteiger partial charge in [0.15, 0.2) is 11.5 Å². The van der Waals surface area contributed by atoms with Gasteiger partial charge in [0.25, 0.3) is 0 Å². The van der Waals surface area contributed by atoms with Crippen molar-refractivity contribution in [2.45, 2.75) is 18.6 Å². The molecule has 0 saturated carbocycles. The van der Waals surface area contributed by atoms with Gasteiger partial charge in [-0.25, -0.2) is 0 Å². The van der Waals surface area contributed by atoms with Crippen LogP contribution >= 0.6 is 0 Å². The summed E-state index contributed by atoms with van der Waals surface area (Å²) in [5, 5.41) is 32.3. The number of ether oxygens (including phenoxy) is 1. The van der Waals surface area contributed by atoms with Crippen LogP contribution in [0.2, 0.25) is 0 Å². The van der Waals surface area contributed by atoms with Crippen LogP contribution in [0.5, 0.6) is 11.5 Å². The zero-order valence-electron chi connectivity index (χ0n) is 13.3. The molecule has 0 aliphatic carbocycles. The van der Waals surface area contributed by atoms with Crippen molar-refractivity contribution in [3.63, 3.8) is 0 Å². The molecule has 24 heavy (non-hydrogen) atoms. The second kappa shape index (κ2) is 8.33. The lowest BCUT2D eigenvalue weighted by Crippen LogP contribution is -2.43. The Hall–Kier alpha value is -2.57. The molecular weight excluding hydrogens is 310 g/mol. The summed E-state index contributed by atoms with van der Waals surface area (Å²) in [6, 6.07) is 12.7. The highest BCUT2D eigenvalue weighted by atomic mass is 16.5. The molecule has 0 heterocycles. The number of phenols is 2. The van der Waals surface area contributed by atoms with Crippen molar-refractivity contribution in [3.8, 4) is 11.5 Å². The normalized spacial score (nSPS) is 13.2. The van der Waals surface area contributed by atoms with Crippen LogP contribution in [-0.2, 0) is 16.0 Å². The van der Waals surface area contributed by atoms with Crippen LogP contribution in [0.1, 0.15) is 17.2 Å². The lowest BCUT2D eigenvalue weighted by atomic mass is 10.0. The minimum absolute atomic E-state index is 0.294. The molecular formula is C18H21NO5. The fraction of sp³-hybridized carbons (Fsp3) is 0.278. The molecule has 2 aromatic rings. The second-order valence-corrected chi connectivity index (χ2v) is 5.38. The Morgan fingerprint density at radius 2 is 1.83 bits per heavy atom. The molecule has 4 N–H and O–H groups in total. The summed E-state index contributed by atoms with van der Waals surface area (Å²) in [5.41, 5.74) is 1.40. The molecule has 0 saturated heterocycles. The molecule has 2 atom stereocenters. The predicted molar refractivity (Wildman–Crippen MR) is 88.7 cm³/mol. The summed E-state index contributed by atoms with van der Waals surface area (Å²) in [7, 11) is 1.25. The summed E-state index contributed by atoms with van der Waals surface area (Å²) < 4.78 is 4.74. The third-order valence-corrected chi connectivity index (χ3v) is 3.73. The summed E-state index contributed by atoms with van der Waals surface area (Å²) in [4.78, 5) is 12.0. The quantitative estimate of drug-likeness (QED) is 0.453. The molecule has 0 bridgehead atoms. The van der Waals surface area contributed by atoms with Crippen molar-refractivity contribution in [1.82, 2.24) is 5.32 Å². The molecule has 0 amide bonds. The van der Waals surface area contributed by atoms with Gasteiger partial charge in [-0.05, 0) is 29.7 Å². The van der Waals surface area contributed by atoms with E-state index in [4.69, 9.17) is 4.74 Å². The summed E-state index contributed by atoms with van der Waals surface area (Å²) in [6.07, 6.45) is -0.540. The van der Waals surface area contributed by atoms with Crippen molar-refractivity contribution in [2.75, 3.05) is 13.7 Å². The minimum atomic E-state index is -1.22. The number of carbonyl (C=O) groups excluding carboxylic acids is 1. The highest BCUT2D eigenvalue weighted by Gasteiger charge is 2.29. The lowest BCUT2D eigenvalue weighted by Gasteiger charge is -2.22. The number of hydrogen-bond acceptors (Lipinski definition) is 6. The average Bonchev–Trinajstić information content (AvgIpc) is 2.61. The Kier molecular flexibility index (Phi) is 6.17. The molecule has 0 radical (unpaired) electrons. The van der Waals surface area contributed by atoms with E-state index in [0.29, 0.717) is 18.5 Å². The Morgan fingerprint density at radius 3 is 2.46 bits per heavy atom. The van der Waals surface area contributed by atoms with Gasteiger partial charge in [0.1, 0.15) is 12.1 Å². The minimum Gasteiger partial charge on any atom is -0.504 e. The highest BCUT2D eigenvalue weighted by Crippen LogP contribution is 2.29. The van der Waals surface area contributed by atoms with E-state index in [1.54, 1.807) is 0 Å². The molecule has 2 rings (SSSR count). The lowest BCUT2D eigenvalue weighted by molar-refractivity contribution is -0.146. The second-order valence-electron chi connectivity index (χ2n) is 5.38. The highest BCUT2D eigenvalue weighted by molar-refractivity contribution is 5.76. The van der Waals surface area contributed by atoms with Gasteiger partial charge < -0.3 is 25.4 Å². The fourth-order valence-electron chi connectivity index (χ4n) is 2.38. The number of aliphatic hydroxyl groups is 1. The molecule has 0 spiro atoms. The molecule has 0 aliphatic rings. The van der Waals surface area contributed by atoms with Crippen molar-refractivity contribution in [1.29, 1.82) is 0 Å². The SMILES string of the molecule is COC(=O)[C@@H](NCCc1ccccc1)C(O)c1ccc(O)c(O)c1. The number of esters is 1. The summed E-state index contributed by atoms with van der Waals surface area (Å²) >= 11 is 0. The molecule has 1 unspecified atom stereocenters.